The molecular formula is C24H23FN2O3S. The van der Waals surface area contributed by atoms with Gasteiger partial charge in [-0.25, -0.2) is 12.8 Å². The first-order valence-electron chi connectivity index (χ1n) is 10.1. The van der Waals surface area contributed by atoms with Crippen molar-refractivity contribution in [3.63, 3.8) is 0 Å². The first-order chi connectivity index (χ1) is 14.9. The van der Waals surface area contributed by atoms with Crippen LogP contribution in [-0.2, 0) is 34.2 Å². The van der Waals surface area contributed by atoms with Gasteiger partial charge in [0.25, 0.3) is 0 Å². The minimum absolute atomic E-state index is 0.0465. The van der Waals surface area contributed by atoms with Crippen molar-refractivity contribution in [3.8, 4) is 0 Å². The van der Waals surface area contributed by atoms with E-state index in [-0.39, 0.29) is 18.0 Å². The summed E-state index contributed by atoms with van der Waals surface area (Å²) in [6.07, 6.45) is 3.13. The number of nitrogens with zero attached hydrogens (tertiary/aromatic N) is 1. The highest BCUT2D eigenvalue weighted by atomic mass is 32.2. The molecule has 1 N–H and O–H groups in total. The van der Waals surface area contributed by atoms with E-state index in [4.69, 9.17) is 0 Å². The maximum atomic E-state index is 13.3. The zero-order valence-electron chi connectivity index (χ0n) is 16.9. The second-order valence-corrected chi connectivity index (χ2v) is 9.54. The number of fused-ring (bicyclic) bond motifs is 1. The number of nitrogens with one attached hydrogen (secondary N) is 1. The Morgan fingerprint density at radius 1 is 0.935 bits per heavy atom. The van der Waals surface area contributed by atoms with Crippen LogP contribution in [0.5, 0.6) is 0 Å². The van der Waals surface area contributed by atoms with Gasteiger partial charge in [-0.05, 0) is 72.4 Å². The third-order valence-corrected chi connectivity index (χ3v) is 7.16. The van der Waals surface area contributed by atoms with Gasteiger partial charge >= 0.3 is 0 Å². The number of rotatable bonds is 7. The molecule has 0 spiro atoms. The van der Waals surface area contributed by atoms with Gasteiger partial charge in [0.15, 0.2) is 0 Å². The molecule has 160 valence electrons. The molecule has 0 aromatic heterocycles. The molecule has 5 nitrogen and oxygen atoms in total. The van der Waals surface area contributed by atoms with Gasteiger partial charge in [0, 0.05) is 12.2 Å². The monoisotopic (exact) mass is 438 g/mol. The normalized spacial score (nSPS) is 13.2. The molecule has 0 heterocycles. The molecule has 1 amide bonds. The molecule has 1 aliphatic carbocycles. The molecule has 7 heteroatoms. The Morgan fingerprint density at radius 2 is 1.65 bits per heavy atom. The molecule has 3 aromatic carbocycles. The lowest BCUT2D eigenvalue weighted by molar-refractivity contribution is -0.116. The van der Waals surface area contributed by atoms with Crippen molar-refractivity contribution >= 4 is 21.6 Å². The molecule has 0 unspecified atom stereocenters. The van der Waals surface area contributed by atoms with Crippen molar-refractivity contribution in [2.45, 2.75) is 30.7 Å². The zero-order valence-corrected chi connectivity index (χ0v) is 17.7. The van der Waals surface area contributed by atoms with Gasteiger partial charge in [0.05, 0.1) is 11.4 Å². The number of anilines is 1. The molecule has 0 fully saturated rings. The van der Waals surface area contributed by atoms with Crippen LogP contribution < -0.4 is 5.32 Å². The topological polar surface area (TPSA) is 66.5 Å². The maximum Gasteiger partial charge on any atom is 0.243 e. The van der Waals surface area contributed by atoms with Gasteiger partial charge in [0.1, 0.15) is 5.82 Å². The lowest BCUT2D eigenvalue weighted by Gasteiger charge is -2.22. The standard InChI is InChI=1S/C24H23FN2O3S/c25-21-12-9-18(10-13-21)16-27(31(29,30)23-7-2-1-3-8-23)17-24(28)26-22-14-11-19-5-4-6-20(19)15-22/h1-3,7-15H,4-6,16-17H2,(H,26,28). The molecule has 3 aromatic rings. The fourth-order valence-corrected chi connectivity index (χ4v) is 5.18. The summed E-state index contributed by atoms with van der Waals surface area (Å²) >= 11 is 0. The van der Waals surface area contributed by atoms with Crippen LogP contribution in [0.15, 0.2) is 77.7 Å². The van der Waals surface area contributed by atoms with Crippen molar-refractivity contribution in [2.24, 2.45) is 0 Å². The summed E-state index contributed by atoms with van der Waals surface area (Å²) in [6, 6.07) is 19.4. The molecule has 31 heavy (non-hydrogen) atoms. The summed E-state index contributed by atoms with van der Waals surface area (Å²) in [7, 11) is -3.93. The van der Waals surface area contributed by atoms with Crippen LogP contribution in [0, 0.1) is 5.82 Å². The second kappa shape index (κ2) is 8.99. The molecule has 0 aliphatic heterocycles. The van der Waals surface area contributed by atoms with Crippen molar-refractivity contribution in [1.29, 1.82) is 0 Å². The van der Waals surface area contributed by atoms with Gasteiger partial charge in [-0.15, -0.1) is 0 Å². The van der Waals surface area contributed by atoms with Gasteiger partial charge in [-0.3, -0.25) is 4.79 Å². The smallest absolute Gasteiger partial charge is 0.243 e. The van der Waals surface area contributed by atoms with E-state index < -0.39 is 21.7 Å². The van der Waals surface area contributed by atoms with Crippen LogP contribution >= 0.6 is 0 Å². The predicted octanol–water partition coefficient (Wildman–Crippen LogP) is 4.14. The molecule has 0 saturated carbocycles. The van der Waals surface area contributed by atoms with Crippen LogP contribution in [0.3, 0.4) is 0 Å². The fourth-order valence-electron chi connectivity index (χ4n) is 3.77. The Labute approximate surface area is 181 Å². The van der Waals surface area contributed by atoms with E-state index in [0.717, 1.165) is 23.6 Å². The highest BCUT2D eigenvalue weighted by Crippen LogP contribution is 2.25. The number of aryl methyl sites for hydroxylation is 2. The van der Waals surface area contributed by atoms with Crippen LogP contribution in [-0.4, -0.2) is 25.2 Å². The van der Waals surface area contributed by atoms with E-state index in [1.165, 1.54) is 47.5 Å². The van der Waals surface area contributed by atoms with Crippen molar-refractivity contribution < 1.29 is 17.6 Å². The van der Waals surface area contributed by atoms with Crippen molar-refractivity contribution in [1.82, 2.24) is 4.31 Å². The maximum absolute atomic E-state index is 13.3. The van der Waals surface area contributed by atoms with E-state index in [1.54, 1.807) is 18.2 Å². The third kappa shape index (κ3) is 5.00. The Morgan fingerprint density at radius 3 is 2.39 bits per heavy atom. The Kier molecular flexibility index (Phi) is 6.15. The lowest BCUT2D eigenvalue weighted by Crippen LogP contribution is -2.37. The van der Waals surface area contributed by atoms with Crippen LogP contribution in [0.1, 0.15) is 23.1 Å². The van der Waals surface area contributed by atoms with E-state index in [0.29, 0.717) is 11.3 Å². The highest BCUT2D eigenvalue weighted by molar-refractivity contribution is 7.89. The minimum Gasteiger partial charge on any atom is -0.325 e. The number of carbonyl (C=O) groups excluding carboxylic acids is 1. The summed E-state index contributed by atoms with van der Waals surface area (Å²) in [6.45, 7) is -0.402. The van der Waals surface area contributed by atoms with Crippen LogP contribution in [0.4, 0.5) is 10.1 Å². The SMILES string of the molecule is O=C(CN(Cc1ccc(F)cc1)S(=O)(=O)c1ccccc1)Nc1ccc2c(c1)CCC2. The van der Waals surface area contributed by atoms with E-state index in [1.807, 2.05) is 18.2 Å². The third-order valence-electron chi connectivity index (χ3n) is 5.36. The minimum atomic E-state index is -3.93. The molecule has 1 aliphatic rings. The zero-order chi connectivity index (χ0) is 21.8. The summed E-state index contributed by atoms with van der Waals surface area (Å²) in [5.41, 5.74) is 3.76. The number of sulfonamides is 1. The quantitative estimate of drug-likeness (QED) is 0.603. The highest BCUT2D eigenvalue weighted by Gasteiger charge is 2.27. The average molecular weight is 439 g/mol. The van der Waals surface area contributed by atoms with Crippen molar-refractivity contribution in [3.05, 3.63) is 95.3 Å². The Bertz CT molecular complexity index is 1180. The fraction of sp³-hybridized carbons (Fsp3) is 0.208. The lowest BCUT2D eigenvalue weighted by atomic mass is 10.1. The van der Waals surface area contributed by atoms with Crippen molar-refractivity contribution in [2.75, 3.05) is 11.9 Å². The first-order valence-corrected chi connectivity index (χ1v) is 11.6. The predicted molar refractivity (Wildman–Crippen MR) is 118 cm³/mol. The number of hydrogen-bond donors (Lipinski definition) is 1. The first kappa shape index (κ1) is 21.2. The van der Waals surface area contributed by atoms with Gasteiger partial charge < -0.3 is 5.32 Å². The molecule has 0 atom stereocenters. The molecule has 0 radical (unpaired) electrons. The Balaban J connectivity index is 1.56. The summed E-state index contributed by atoms with van der Waals surface area (Å²) < 4.78 is 40.8. The van der Waals surface area contributed by atoms with Crippen LogP contribution in [0.2, 0.25) is 0 Å². The summed E-state index contributed by atoms with van der Waals surface area (Å²) in [4.78, 5) is 12.9. The van der Waals surface area contributed by atoms with Gasteiger partial charge in [-0.2, -0.15) is 4.31 Å². The number of carbonyl (C=O) groups is 1. The average Bonchev–Trinajstić information content (AvgIpc) is 3.23. The second-order valence-electron chi connectivity index (χ2n) is 7.60. The van der Waals surface area contributed by atoms with E-state index >= 15 is 0 Å². The largest absolute Gasteiger partial charge is 0.325 e. The number of halogens is 1. The van der Waals surface area contributed by atoms with E-state index in [2.05, 4.69) is 5.32 Å². The number of hydrogen-bond acceptors (Lipinski definition) is 3. The molecule has 0 bridgehead atoms. The van der Waals surface area contributed by atoms with Gasteiger partial charge in [0.2, 0.25) is 15.9 Å². The Hall–Kier alpha value is -3.03. The molecular weight excluding hydrogens is 415 g/mol. The number of amides is 1. The molecule has 0 saturated heterocycles. The summed E-state index contributed by atoms with van der Waals surface area (Å²) in [5.74, 6) is -0.838. The van der Waals surface area contributed by atoms with Gasteiger partial charge in [-0.1, -0.05) is 36.4 Å². The van der Waals surface area contributed by atoms with E-state index in [9.17, 15) is 17.6 Å². The summed E-state index contributed by atoms with van der Waals surface area (Å²) in [5, 5.41) is 2.82. The molecule has 4 rings (SSSR count). The number of benzene rings is 3. The van der Waals surface area contributed by atoms with Crippen LogP contribution in [0.25, 0.3) is 0 Å².